The number of ether oxygens (including phenoxy) is 1. The van der Waals surface area contributed by atoms with E-state index in [2.05, 4.69) is 5.32 Å². The zero-order valence-electron chi connectivity index (χ0n) is 9.30. The Morgan fingerprint density at radius 1 is 1.50 bits per heavy atom. The Bertz CT molecular complexity index is 169. The molecule has 14 heavy (non-hydrogen) atoms. The molecule has 2 N–H and O–H groups in total. The lowest BCUT2D eigenvalue weighted by molar-refractivity contribution is -0.122. The molecule has 4 heteroatoms. The molecule has 1 amide bonds. The van der Waals surface area contributed by atoms with Gasteiger partial charge in [0, 0.05) is 26.7 Å². The third-order valence-corrected chi connectivity index (χ3v) is 2.09. The Kier molecular flexibility index (Phi) is 6.49. The largest absolute Gasteiger partial charge is 0.396 e. The van der Waals surface area contributed by atoms with Crippen LogP contribution in [0.3, 0.4) is 0 Å². The number of methoxy groups -OCH3 is 1. The number of aliphatic hydroxyl groups is 1. The first-order valence-corrected chi connectivity index (χ1v) is 4.88. The Morgan fingerprint density at radius 3 is 2.64 bits per heavy atom. The van der Waals surface area contributed by atoms with Crippen molar-refractivity contribution in [3.63, 3.8) is 0 Å². The molecule has 0 aromatic rings. The van der Waals surface area contributed by atoms with Crippen molar-refractivity contribution >= 4 is 5.91 Å². The molecule has 0 aromatic heterocycles. The highest BCUT2D eigenvalue weighted by Crippen LogP contribution is 2.17. The molecule has 0 fully saturated rings. The quantitative estimate of drug-likeness (QED) is 0.635. The first-order valence-electron chi connectivity index (χ1n) is 4.88. The van der Waals surface area contributed by atoms with Gasteiger partial charge in [0.2, 0.25) is 5.91 Å². The number of rotatable bonds is 7. The van der Waals surface area contributed by atoms with Crippen LogP contribution in [0.25, 0.3) is 0 Å². The molecule has 0 rings (SSSR count). The Morgan fingerprint density at radius 2 is 2.14 bits per heavy atom. The Hall–Kier alpha value is -0.610. The second kappa shape index (κ2) is 6.79. The molecule has 0 spiro atoms. The maximum atomic E-state index is 11.2. The minimum Gasteiger partial charge on any atom is -0.396 e. The molecule has 0 saturated heterocycles. The number of hydrogen-bond donors (Lipinski definition) is 2. The molecule has 0 radical (unpaired) electrons. The van der Waals surface area contributed by atoms with Crippen molar-refractivity contribution in [2.24, 2.45) is 5.41 Å². The summed E-state index contributed by atoms with van der Waals surface area (Å²) < 4.78 is 4.79. The second-order valence-electron chi connectivity index (χ2n) is 4.16. The number of aliphatic hydroxyl groups excluding tert-OH is 1. The summed E-state index contributed by atoms with van der Waals surface area (Å²) in [5, 5.41) is 11.6. The average molecular weight is 203 g/mol. The summed E-state index contributed by atoms with van der Waals surface area (Å²) in [6, 6.07) is 0. The lowest BCUT2D eigenvalue weighted by atomic mass is 9.90. The maximum Gasteiger partial charge on any atom is 0.222 e. The van der Waals surface area contributed by atoms with E-state index in [-0.39, 0.29) is 17.9 Å². The molecule has 0 heterocycles. The van der Waals surface area contributed by atoms with Crippen molar-refractivity contribution in [1.82, 2.24) is 5.32 Å². The molecule has 4 nitrogen and oxygen atoms in total. The normalized spacial score (nSPS) is 11.4. The van der Waals surface area contributed by atoms with E-state index >= 15 is 0 Å². The summed E-state index contributed by atoms with van der Waals surface area (Å²) in [5.41, 5.74) is -0.0442. The van der Waals surface area contributed by atoms with E-state index < -0.39 is 0 Å². The third-order valence-electron chi connectivity index (χ3n) is 2.09. The van der Waals surface area contributed by atoms with Gasteiger partial charge < -0.3 is 15.2 Å². The lowest BCUT2D eigenvalue weighted by Crippen LogP contribution is -2.34. The van der Waals surface area contributed by atoms with E-state index in [9.17, 15) is 4.79 Å². The van der Waals surface area contributed by atoms with E-state index in [1.807, 2.05) is 13.8 Å². The molecule has 0 aliphatic heterocycles. The van der Waals surface area contributed by atoms with Gasteiger partial charge in [-0.1, -0.05) is 13.8 Å². The Labute approximate surface area is 85.6 Å². The Balaban J connectivity index is 3.64. The van der Waals surface area contributed by atoms with E-state index in [0.717, 1.165) is 0 Å². The van der Waals surface area contributed by atoms with Crippen LogP contribution in [0.15, 0.2) is 0 Å². The summed E-state index contributed by atoms with van der Waals surface area (Å²) >= 11 is 0. The molecule has 0 aliphatic rings. The second-order valence-corrected chi connectivity index (χ2v) is 4.16. The minimum absolute atomic E-state index is 0.00198. The van der Waals surface area contributed by atoms with Gasteiger partial charge in [-0.2, -0.15) is 0 Å². The van der Waals surface area contributed by atoms with Gasteiger partial charge >= 0.3 is 0 Å². The maximum absolute atomic E-state index is 11.2. The molecule has 0 saturated carbocycles. The highest BCUT2D eigenvalue weighted by Gasteiger charge is 2.17. The summed E-state index contributed by atoms with van der Waals surface area (Å²) in [6.45, 7) is 5.23. The fourth-order valence-electron chi connectivity index (χ4n) is 1.01. The van der Waals surface area contributed by atoms with Crippen LogP contribution in [0, 0.1) is 5.41 Å². The van der Waals surface area contributed by atoms with Gasteiger partial charge in [0.15, 0.2) is 0 Å². The fourth-order valence-corrected chi connectivity index (χ4v) is 1.01. The lowest BCUT2D eigenvalue weighted by Gasteiger charge is -2.23. The van der Waals surface area contributed by atoms with Gasteiger partial charge in [-0.05, 0) is 11.8 Å². The standard InChI is InChI=1S/C10H21NO3/c1-10(2,5-6-12)8-11-9(13)4-7-14-3/h12H,4-8H2,1-3H3,(H,11,13). The predicted molar refractivity (Wildman–Crippen MR) is 55.0 cm³/mol. The SMILES string of the molecule is COCCC(=O)NCC(C)(C)CCO. The van der Waals surface area contributed by atoms with Crippen molar-refractivity contribution in [3.05, 3.63) is 0 Å². The van der Waals surface area contributed by atoms with Crippen LogP contribution >= 0.6 is 0 Å². The van der Waals surface area contributed by atoms with Gasteiger partial charge in [-0.15, -0.1) is 0 Å². The number of nitrogens with one attached hydrogen (secondary N) is 1. The first kappa shape index (κ1) is 13.4. The zero-order valence-corrected chi connectivity index (χ0v) is 9.30. The zero-order chi connectivity index (χ0) is 11.0. The molecule has 0 bridgehead atoms. The van der Waals surface area contributed by atoms with Crippen LogP contribution in [0.2, 0.25) is 0 Å². The van der Waals surface area contributed by atoms with E-state index in [0.29, 0.717) is 26.0 Å². The monoisotopic (exact) mass is 203 g/mol. The first-order chi connectivity index (χ1) is 6.52. The minimum atomic E-state index is -0.0442. The van der Waals surface area contributed by atoms with Crippen LogP contribution in [0.5, 0.6) is 0 Å². The summed E-state index contributed by atoms with van der Waals surface area (Å²) in [4.78, 5) is 11.2. The molecular weight excluding hydrogens is 182 g/mol. The van der Waals surface area contributed by atoms with Crippen molar-refractivity contribution in [2.75, 3.05) is 26.9 Å². The van der Waals surface area contributed by atoms with Gasteiger partial charge in [-0.25, -0.2) is 0 Å². The molecule has 84 valence electrons. The molecule has 0 unspecified atom stereocenters. The van der Waals surface area contributed by atoms with Crippen molar-refractivity contribution < 1.29 is 14.6 Å². The molecule has 0 aliphatic carbocycles. The molecule has 0 atom stereocenters. The topological polar surface area (TPSA) is 58.6 Å². The molecule has 0 aromatic carbocycles. The van der Waals surface area contributed by atoms with E-state index in [4.69, 9.17) is 9.84 Å². The van der Waals surface area contributed by atoms with Crippen LogP contribution in [0.4, 0.5) is 0 Å². The average Bonchev–Trinajstić information content (AvgIpc) is 2.11. The van der Waals surface area contributed by atoms with Crippen molar-refractivity contribution in [3.8, 4) is 0 Å². The molecular formula is C10H21NO3. The fraction of sp³-hybridized carbons (Fsp3) is 0.900. The number of hydrogen-bond acceptors (Lipinski definition) is 3. The summed E-state index contributed by atoms with van der Waals surface area (Å²) in [6.07, 6.45) is 1.09. The van der Waals surface area contributed by atoms with Gasteiger partial charge in [0.25, 0.3) is 0 Å². The highest BCUT2D eigenvalue weighted by atomic mass is 16.5. The smallest absolute Gasteiger partial charge is 0.222 e. The van der Waals surface area contributed by atoms with E-state index in [1.54, 1.807) is 7.11 Å². The number of amides is 1. The van der Waals surface area contributed by atoms with Gasteiger partial charge in [0.05, 0.1) is 6.61 Å². The van der Waals surface area contributed by atoms with Gasteiger partial charge in [-0.3, -0.25) is 4.79 Å². The predicted octanol–water partition coefficient (Wildman–Crippen LogP) is 0.548. The van der Waals surface area contributed by atoms with Crippen LogP contribution in [0.1, 0.15) is 26.7 Å². The van der Waals surface area contributed by atoms with Crippen LogP contribution in [-0.4, -0.2) is 37.9 Å². The van der Waals surface area contributed by atoms with Gasteiger partial charge in [0.1, 0.15) is 0 Å². The number of carbonyl (C=O) groups is 1. The van der Waals surface area contributed by atoms with Crippen molar-refractivity contribution in [2.45, 2.75) is 26.7 Å². The third kappa shape index (κ3) is 6.86. The number of carbonyl (C=O) groups excluding carboxylic acids is 1. The summed E-state index contributed by atoms with van der Waals surface area (Å²) in [7, 11) is 1.57. The van der Waals surface area contributed by atoms with Crippen LogP contribution < -0.4 is 5.32 Å². The highest BCUT2D eigenvalue weighted by molar-refractivity contribution is 5.75. The van der Waals surface area contributed by atoms with Crippen molar-refractivity contribution in [1.29, 1.82) is 0 Å². The van der Waals surface area contributed by atoms with Crippen LogP contribution in [-0.2, 0) is 9.53 Å². The summed E-state index contributed by atoms with van der Waals surface area (Å²) in [5.74, 6) is -0.00198. The van der Waals surface area contributed by atoms with E-state index in [1.165, 1.54) is 0 Å².